The summed E-state index contributed by atoms with van der Waals surface area (Å²) in [7, 11) is 3.41. The van der Waals surface area contributed by atoms with Crippen molar-refractivity contribution in [3.8, 4) is 0 Å². The molecule has 0 aromatic heterocycles. The first-order valence-corrected chi connectivity index (χ1v) is 8.73. The van der Waals surface area contributed by atoms with E-state index in [4.69, 9.17) is 11.6 Å². The Bertz CT molecular complexity index is 644. The fourth-order valence-corrected chi connectivity index (χ4v) is 2.71. The topological polar surface area (TPSA) is 60.0 Å². The summed E-state index contributed by atoms with van der Waals surface area (Å²) in [6, 6.07) is 5.03. The molecule has 0 bridgehead atoms. The van der Waals surface area contributed by atoms with Gasteiger partial charge in [-0.3, -0.25) is 4.79 Å². The van der Waals surface area contributed by atoms with E-state index in [1.807, 2.05) is 13.0 Å². The molecule has 2 N–H and O–H groups in total. The van der Waals surface area contributed by atoms with Gasteiger partial charge in [-0.1, -0.05) is 11.6 Å². The van der Waals surface area contributed by atoms with Crippen LogP contribution in [0.5, 0.6) is 0 Å². The van der Waals surface area contributed by atoms with Crippen LogP contribution in [-0.4, -0.2) is 63.1 Å². The molecular weight excluding hydrogens is 472 g/mol. The number of guanidine groups is 1. The number of hydrogen-bond acceptors (Lipinski definition) is 3. The van der Waals surface area contributed by atoms with Gasteiger partial charge in [0.15, 0.2) is 5.96 Å². The van der Waals surface area contributed by atoms with Crippen molar-refractivity contribution in [2.75, 3.05) is 45.2 Å². The van der Waals surface area contributed by atoms with E-state index in [0.717, 1.165) is 25.2 Å². The van der Waals surface area contributed by atoms with E-state index in [9.17, 15) is 9.18 Å². The molecule has 1 unspecified atom stereocenters. The van der Waals surface area contributed by atoms with Crippen molar-refractivity contribution in [3.05, 3.63) is 29.0 Å². The van der Waals surface area contributed by atoms with Crippen LogP contribution >= 0.6 is 35.6 Å². The van der Waals surface area contributed by atoms with E-state index in [1.165, 1.54) is 11.0 Å². The molecule has 9 heteroatoms. The number of hydrogen-bond donors (Lipinski definition) is 2. The lowest BCUT2D eigenvalue weighted by Crippen LogP contribution is -2.45. The standard InChI is InChI=1S/C17H25ClFN5O.HI/c1-4-20-17(21-10-16(25)23(2)3)22-12-7-8-24(11-12)13-5-6-14(18)15(19)9-13;/h5-6,9,12H,4,7-8,10-11H2,1-3H3,(H2,20,21,22);1H. The number of aliphatic imine (C=N–C) groups is 1. The minimum Gasteiger partial charge on any atom is -0.369 e. The van der Waals surface area contributed by atoms with Crippen LogP contribution in [0.15, 0.2) is 23.2 Å². The molecule has 0 saturated carbocycles. The molecule has 1 saturated heterocycles. The van der Waals surface area contributed by atoms with Crippen LogP contribution < -0.4 is 15.5 Å². The summed E-state index contributed by atoms with van der Waals surface area (Å²) in [5, 5.41) is 6.62. The first kappa shape index (κ1) is 22.8. The lowest BCUT2D eigenvalue weighted by atomic mass is 10.2. The zero-order valence-electron chi connectivity index (χ0n) is 15.3. The van der Waals surface area contributed by atoms with Crippen molar-refractivity contribution >= 4 is 53.1 Å². The minimum atomic E-state index is -0.410. The second-order valence-corrected chi connectivity index (χ2v) is 6.56. The van der Waals surface area contributed by atoms with Gasteiger partial charge in [0, 0.05) is 45.5 Å². The summed E-state index contributed by atoms with van der Waals surface area (Å²) in [6.07, 6.45) is 0.899. The Kier molecular flexibility index (Phi) is 9.42. The lowest BCUT2D eigenvalue weighted by molar-refractivity contribution is -0.127. The Morgan fingerprint density at radius 1 is 1.46 bits per heavy atom. The SMILES string of the molecule is CCNC(=NCC(=O)N(C)C)NC1CCN(c2ccc(Cl)c(F)c2)C1.I. The first-order chi connectivity index (χ1) is 11.9. The third-order valence-electron chi connectivity index (χ3n) is 4.01. The van der Waals surface area contributed by atoms with E-state index in [1.54, 1.807) is 20.2 Å². The molecule has 0 radical (unpaired) electrons. The minimum absolute atomic E-state index is 0. The molecule has 0 spiro atoms. The molecule has 146 valence electrons. The predicted octanol–water partition coefficient (Wildman–Crippen LogP) is 2.32. The van der Waals surface area contributed by atoms with Crippen molar-refractivity contribution in [1.29, 1.82) is 0 Å². The largest absolute Gasteiger partial charge is 0.369 e. The number of carbonyl (C=O) groups excluding carboxylic acids is 1. The maximum Gasteiger partial charge on any atom is 0.243 e. The normalized spacial score (nSPS) is 16.9. The van der Waals surface area contributed by atoms with Crippen molar-refractivity contribution in [2.24, 2.45) is 4.99 Å². The smallest absolute Gasteiger partial charge is 0.243 e. The maximum absolute atomic E-state index is 13.6. The number of benzene rings is 1. The molecule has 2 rings (SSSR count). The van der Waals surface area contributed by atoms with Gasteiger partial charge in [-0.15, -0.1) is 24.0 Å². The number of nitrogens with one attached hydrogen (secondary N) is 2. The highest BCUT2D eigenvalue weighted by molar-refractivity contribution is 14.0. The molecule has 1 amide bonds. The average molecular weight is 498 g/mol. The number of nitrogens with zero attached hydrogens (tertiary/aromatic N) is 3. The molecular formula is C17H26ClFIN5O. The number of likely N-dealkylation sites (N-methyl/N-ethyl adjacent to an activating group) is 1. The highest BCUT2D eigenvalue weighted by Crippen LogP contribution is 2.24. The van der Waals surface area contributed by atoms with Crippen molar-refractivity contribution in [2.45, 2.75) is 19.4 Å². The highest BCUT2D eigenvalue weighted by Gasteiger charge is 2.24. The number of anilines is 1. The second kappa shape index (κ2) is 10.8. The van der Waals surface area contributed by atoms with Gasteiger partial charge in [0.25, 0.3) is 0 Å². The predicted molar refractivity (Wildman–Crippen MR) is 115 cm³/mol. The van der Waals surface area contributed by atoms with E-state index < -0.39 is 5.82 Å². The van der Waals surface area contributed by atoms with Crippen molar-refractivity contribution < 1.29 is 9.18 Å². The summed E-state index contributed by atoms with van der Waals surface area (Å²) in [5.41, 5.74) is 0.816. The summed E-state index contributed by atoms with van der Waals surface area (Å²) >= 11 is 5.74. The molecule has 1 aliphatic heterocycles. The van der Waals surface area contributed by atoms with E-state index in [2.05, 4.69) is 20.5 Å². The molecule has 1 heterocycles. The Hall–Kier alpha value is -1.29. The second-order valence-electron chi connectivity index (χ2n) is 6.16. The number of rotatable bonds is 5. The van der Waals surface area contributed by atoms with Crippen LogP contribution in [0, 0.1) is 5.82 Å². The van der Waals surface area contributed by atoms with Gasteiger partial charge in [0.2, 0.25) is 5.91 Å². The molecule has 1 aliphatic rings. The van der Waals surface area contributed by atoms with Gasteiger partial charge in [-0.25, -0.2) is 9.38 Å². The van der Waals surface area contributed by atoms with Crippen LogP contribution in [-0.2, 0) is 4.79 Å². The number of carbonyl (C=O) groups is 1. The Morgan fingerprint density at radius 3 is 2.81 bits per heavy atom. The van der Waals surface area contributed by atoms with Crippen LogP contribution in [0.3, 0.4) is 0 Å². The van der Waals surface area contributed by atoms with Gasteiger partial charge in [-0.05, 0) is 31.5 Å². The van der Waals surface area contributed by atoms with Gasteiger partial charge in [0.05, 0.1) is 5.02 Å². The van der Waals surface area contributed by atoms with Crippen LogP contribution in [0.1, 0.15) is 13.3 Å². The molecule has 1 fully saturated rings. The zero-order chi connectivity index (χ0) is 18.4. The highest BCUT2D eigenvalue weighted by atomic mass is 127. The molecule has 1 aromatic carbocycles. The van der Waals surface area contributed by atoms with Gasteiger partial charge in [0.1, 0.15) is 12.4 Å². The monoisotopic (exact) mass is 497 g/mol. The average Bonchev–Trinajstić information content (AvgIpc) is 3.03. The van der Waals surface area contributed by atoms with Gasteiger partial charge < -0.3 is 20.4 Å². The summed E-state index contributed by atoms with van der Waals surface area (Å²) in [4.78, 5) is 19.6. The van der Waals surface area contributed by atoms with Gasteiger partial charge >= 0.3 is 0 Å². The third-order valence-corrected chi connectivity index (χ3v) is 4.32. The van der Waals surface area contributed by atoms with Crippen LogP contribution in [0.2, 0.25) is 5.02 Å². The van der Waals surface area contributed by atoms with Gasteiger partial charge in [-0.2, -0.15) is 0 Å². The van der Waals surface area contributed by atoms with E-state index in [0.29, 0.717) is 12.5 Å². The lowest BCUT2D eigenvalue weighted by Gasteiger charge is -2.20. The van der Waals surface area contributed by atoms with Crippen molar-refractivity contribution in [1.82, 2.24) is 15.5 Å². The van der Waals surface area contributed by atoms with Crippen LogP contribution in [0.4, 0.5) is 10.1 Å². The Labute approximate surface area is 176 Å². The molecule has 0 aliphatic carbocycles. The maximum atomic E-state index is 13.6. The Balaban J connectivity index is 0.00000338. The fourth-order valence-electron chi connectivity index (χ4n) is 2.60. The number of amides is 1. The third kappa shape index (κ3) is 6.46. The van der Waals surface area contributed by atoms with Crippen LogP contribution in [0.25, 0.3) is 0 Å². The van der Waals surface area contributed by atoms with E-state index >= 15 is 0 Å². The van der Waals surface area contributed by atoms with Crippen molar-refractivity contribution in [3.63, 3.8) is 0 Å². The summed E-state index contributed by atoms with van der Waals surface area (Å²) in [6.45, 7) is 4.33. The molecule has 1 atom stereocenters. The first-order valence-electron chi connectivity index (χ1n) is 8.35. The quantitative estimate of drug-likeness (QED) is 0.372. The number of halogens is 3. The summed E-state index contributed by atoms with van der Waals surface area (Å²) in [5.74, 6) is 0.154. The zero-order valence-corrected chi connectivity index (χ0v) is 18.3. The fraction of sp³-hybridized carbons (Fsp3) is 0.529. The summed E-state index contributed by atoms with van der Waals surface area (Å²) < 4.78 is 13.6. The molecule has 26 heavy (non-hydrogen) atoms. The molecule has 1 aromatic rings. The molecule has 6 nitrogen and oxygen atoms in total. The van der Waals surface area contributed by atoms with E-state index in [-0.39, 0.29) is 47.5 Å². The Morgan fingerprint density at radius 2 is 2.19 bits per heavy atom.